The molecule has 2 aromatic carbocycles. The highest BCUT2D eigenvalue weighted by molar-refractivity contribution is 5.59. The van der Waals surface area contributed by atoms with E-state index in [-0.39, 0.29) is 5.82 Å². The van der Waals surface area contributed by atoms with Crippen LogP contribution in [0.4, 0.5) is 10.1 Å². The largest absolute Gasteiger partial charge is 0.495 e. The Balaban J connectivity index is 2.21. The predicted molar refractivity (Wildman–Crippen MR) is 80.7 cm³/mol. The quantitative estimate of drug-likeness (QED) is 0.909. The molecule has 4 heteroatoms. The number of hydrogen-bond donors (Lipinski definition) is 1. The monoisotopic (exact) mass is 284 g/mol. The van der Waals surface area contributed by atoms with Gasteiger partial charge in [0.05, 0.1) is 18.9 Å². The summed E-state index contributed by atoms with van der Waals surface area (Å²) in [6.07, 6.45) is 0.460. The standard InChI is InChI=1S/C17H17FN2O/c1-17(12-19,11-13-7-9-14(18)10-8-13)20-15-5-3-4-6-16(15)21-2/h3-10,20H,11H2,1-2H3. The average molecular weight is 284 g/mol. The maximum absolute atomic E-state index is 12.9. The molecule has 108 valence electrons. The first-order valence-electron chi connectivity index (χ1n) is 6.63. The molecule has 0 aliphatic rings. The summed E-state index contributed by atoms with van der Waals surface area (Å²) in [6.45, 7) is 1.81. The molecular weight excluding hydrogens is 267 g/mol. The van der Waals surface area contributed by atoms with Crippen LogP contribution in [0, 0.1) is 17.1 Å². The van der Waals surface area contributed by atoms with Gasteiger partial charge < -0.3 is 10.1 Å². The second kappa shape index (κ2) is 6.27. The van der Waals surface area contributed by atoms with Crippen molar-refractivity contribution in [2.75, 3.05) is 12.4 Å². The lowest BCUT2D eigenvalue weighted by Gasteiger charge is -2.25. The molecule has 0 spiro atoms. The number of nitriles is 1. The van der Waals surface area contributed by atoms with Gasteiger partial charge in [0.1, 0.15) is 17.1 Å². The van der Waals surface area contributed by atoms with E-state index in [9.17, 15) is 9.65 Å². The molecule has 3 nitrogen and oxygen atoms in total. The van der Waals surface area contributed by atoms with Crippen molar-refractivity contribution in [3.8, 4) is 11.8 Å². The summed E-state index contributed by atoms with van der Waals surface area (Å²) in [5.41, 5.74) is 0.834. The van der Waals surface area contributed by atoms with Crippen molar-refractivity contribution in [3.05, 3.63) is 59.9 Å². The van der Waals surface area contributed by atoms with E-state index in [0.29, 0.717) is 12.2 Å². The molecule has 0 aromatic heterocycles. The Kier molecular flexibility index (Phi) is 4.44. The maximum Gasteiger partial charge on any atom is 0.141 e. The summed E-state index contributed by atoms with van der Waals surface area (Å²) in [6, 6.07) is 15.9. The van der Waals surface area contributed by atoms with Crippen molar-refractivity contribution < 1.29 is 9.13 Å². The van der Waals surface area contributed by atoms with Gasteiger partial charge in [0.15, 0.2) is 0 Å². The molecule has 0 fully saturated rings. The van der Waals surface area contributed by atoms with E-state index >= 15 is 0 Å². The van der Waals surface area contributed by atoms with Crippen LogP contribution in [-0.2, 0) is 6.42 Å². The first kappa shape index (κ1) is 14.9. The number of rotatable bonds is 5. The number of nitrogens with one attached hydrogen (secondary N) is 1. The fourth-order valence-electron chi connectivity index (χ4n) is 2.17. The van der Waals surface area contributed by atoms with Crippen LogP contribution >= 0.6 is 0 Å². The van der Waals surface area contributed by atoms with Gasteiger partial charge in [0.25, 0.3) is 0 Å². The van der Waals surface area contributed by atoms with E-state index in [0.717, 1.165) is 11.3 Å². The first-order valence-corrected chi connectivity index (χ1v) is 6.63. The van der Waals surface area contributed by atoms with Crippen molar-refractivity contribution in [2.45, 2.75) is 18.9 Å². The summed E-state index contributed by atoms with van der Waals surface area (Å²) in [5, 5.41) is 12.7. The summed E-state index contributed by atoms with van der Waals surface area (Å²) < 4.78 is 18.2. The highest BCUT2D eigenvalue weighted by atomic mass is 19.1. The Morgan fingerprint density at radius 2 is 1.86 bits per heavy atom. The summed E-state index contributed by atoms with van der Waals surface area (Å²) in [4.78, 5) is 0. The molecule has 2 rings (SSSR count). The topological polar surface area (TPSA) is 45.0 Å². The lowest BCUT2D eigenvalue weighted by atomic mass is 9.94. The molecule has 0 amide bonds. The molecule has 0 saturated carbocycles. The number of halogens is 1. The Morgan fingerprint density at radius 3 is 2.48 bits per heavy atom. The van der Waals surface area contributed by atoms with Crippen molar-refractivity contribution in [2.24, 2.45) is 0 Å². The average Bonchev–Trinajstić information content (AvgIpc) is 2.50. The minimum absolute atomic E-state index is 0.282. The zero-order chi connectivity index (χ0) is 15.3. The predicted octanol–water partition coefficient (Wildman–Crippen LogP) is 3.77. The van der Waals surface area contributed by atoms with Gasteiger partial charge in [-0.15, -0.1) is 0 Å². The molecule has 0 heterocycles. The zero-order valence-electron chi connectivity index (χ0n) is 12.1. The van der Waals surface area contributed by atoms with Crippen LogP contribution in [0.2, 0.25) is 0 Å². The van der Waals surface area contributed by atoms with E-state index in [1.54, 1.807) is 19.2 Å². The highest BCUT2D eigenvalue weighted by Crippen LogP contribution is 2.27. The van der Waals surface area contributed by atoms with Gasteiger partial charge in [0, 0.05) is 6.42 Å². The van der Waals surface area contributed by atoms with Crippen molar-refractivity contribution in [1.82, 2.24) is 0 Å². The first-order chi connectivity index (χ1) is 10.1. The Labute approximate surface area is 124 Å². The van der Waals surface area contributed by atoms with Gasteiger partial charge in [-0.05, 0) is 36.8 Å². The third-order valence-corrected chi connectivity index (χ3v) is 3.24. The second-order valence-electron chi connectivity index (χ2n) is 5.07. The van der Waals surface area contributed by atoms with Crippen molar-refractivity contribution in [3.63, 3.8) is 0 Å². The van der Waals surface area contributed by atoms with Crippen LogP contribution in [-0.4, -0.2) is 12.6 Å². The third kappa shape index (κ3) is 3.73. The third-order valence-electron chi connectivity index (χ3n) is 3.24. The van der Waals surface area contributed by atoms with E-state index in [4.69, 9.17) is 4.74 Å². The van der Waals surface area contributed by atoms with Gasteiger partial charge in [-0.2, -0.15) is 5.26 Å². The lowest BCUT2D eigenvalue weighted by Crippen LogP contribution is -2.35. The van der Waals surface area contributed by atoms with Crippen LogP contribution in [0.3, 0.4) is 0 Å². The number of anilines is 1. The number of hydrogen-bond acceptors (Lipinski definition) is 3. The highest BCUT2D eigenvalue weighted by Gasteiger charge is 2.25. The molecule has 2 aromatic rings. The molecule has 1 unspecified atom stereocenters. The van der Waals surface area contributed by atoms with Crippen LogP contribution in [0.25, 0.3) is 0 Å². The van der Waals surface area contributed by atoms with Crippen LogP contribution in [0.5, 0.6) is 5.75 Å². The van der Waals surface area contributed by atoms with Crippen molar-refractivity contribution >= 4 is 5.69 Å². The van der Waals surface area contributed by atoms with E-state index in [2.05, 4.69) is 11.4 Å². The molecule has 1 N–H and O–H groups in total. The summed E-state index contributed by atoms with van der Waals surface area (Å²) in [5.74, 6) is 0.396. The number of para-hydroxylation sites is 2. The normalized spacial score (nSPS) is 13.0. The SMILES string of the molecule is COc1ccccc1NC(C)(C#N)Cc1ccc(F)cc1. The van der Waals surface area contributed by atoms with E-state index in [1.807, 2.05) is 31.2 Å². The second-order valence-corrected chi connectivity index (χ2v) is 5.07. The summed E-state index contributed by atoms with van der Waals surface area (Å²) in [7, 11) is 1.59. The fraction of sp³-hybridized carbons (Fsp3) is 0.235. The number of methoxy groups -OCH3 is 1. The smallest absolute Gasteiger partial charge is 0.141 e. The molecule has 0 radical (unpaired) electrons. The Hall–Kier alpha value is -2.54. The zero-order valence-corrected chi connectivity index (χ0v) is 12.1. The van der Waals surface area contributed by atoms with Gasteiger partial charge in [-0.25, -0.2) is 4.39 Å². The molecule has 0 bridgehead atoms. The molecule has 0 aliphatic heterocycles. The number of benzene rings is 2. The number of nitrogens with zero attached hydrogens (tertiary/aromatic N) is 1. The number of ether oxygens (including phenoxy) is 1. The molecule has 1 atom stereocenters. The minimum Gasteiger partial charge on any atom is -0.495 e. The van der Waals surface area contributed by atoms with Gasteiger partial charge in [-0.3, -0.25) is 0 Å². The molecular formula is C17H17FN2O. The Morgan fingerprint density at radius 1 is 1.19 bits per heavy atom. The van der Waals surface area contributed by atoms with Crippen LogP contribution in [0.1, 0.15) is 12.5 Å². The van der Waals surface area contributed by atoms with Crippen molar-refractivity contribution in [1.29, 1.82) is 5.26 Å². The summed E-state index contributed by atoms with van der Waals surface area (Å²) >= 11 is 0. The molecule has 0 saturated heterocycles. The van der Waals surface area contributed by atoms with Gasteiger partial charge >= 0.3 is 0 Å². The maximum atomic E-state index is 12.9. The van der Waals surface area contributed by atoms with E-state index in [1.165, 1.54) is 12.1 Å². The van der Waals surface area contributed by atoms with Gasteiger partial charge in [-0.1, -0.05) is 24.3 Å². The lowest BCUT2D eigenvalue weighted by molar-refractivity contribution is 0.415. The van der Waals surface area contributed by atoms with Crippen LogP contribution < -0.4 is 10.1 Å². The van der Waals surface area contributed by atoms with E-state index < -0.39 is 5.54 Å². The van der Waals surface area contributed by atoms with Gasteiger partial charge in [0.2, 0.25) is 0 Å². The Bertz CT molecular complexity index is 649. The van der Waals surface area contributed by atoms with Crippen LogP contribution in [0.15, 0.2) is 48.5 Å². The molecule has 21 heavy (non-hydrogen) atoms. The molecule has 0 aliphatic carbocycles. The minimum atomic E-state index is -0.813. The fourth-order valence-corrected chi connectivity index (χ4v) is 2.17.